The van der Waals surface area contributed by atoms with E-state index in [9.17, 15) is 15.0 Å². The molecule has 112 valence electrons. The number of phenols is 2. The molecule has 4 heteroatoms. The van der Waals surface area contributed by atoms with Crippen LogP contribution in [0.1, 0.15) is 50.9 Å². The van der Waals surface area contributed by atoms with Crippen molar-refractivity contribution in [3.05, 3.63) is 17.7 Å². The van der Waals surface area contributed by atoms with Crippen LogP contribution < -0.4 is 4.74 Å². The van der Waals surface area contributed by atoms with Gasteiger partial charge in [-0.3, -0.25) is 4.79 Å². The highest BCUT2D eigenvalue weighted by molar-refractivity contribution is 6.01. The van der Waals surface area contributed by atoms with E-state index >= 15 is 0 Å². The standard InChI is InChI=1S/C16H24O4/c1-10(2)5-6-20-12-8-14(18)16(15(19)9-12)13(17)7-11(3)4/h8-11,18-19H,5-7H2,1-4H3. The Morgan fingerprint density at radius 1 is 1.10 bits per heavy atom. The number of ketones is 1. The van der Waals surface area contributed by atoms with Crippen LogP contribution in [0, 0.1) is 11.8 Å². The molecule has 2 N–H and O–H groups in total. The van der Waals surface area contributed by atoms with Gasteiger partial charge in [-0.2, -0.15) is 0 Å². The Labute approximate surface area is 120 Å². The van der Waals surface area contributed by atoms with E-state index in [2.05, 4.69) is 13.8 Å². The predicted octanol–water partition coefficient (Wildman–Crippen LogP) is 3.75. The molecule has 0 fully saturated rings. The van der Waals surface area contributed by atoms with Gasteiger partial charge in [0.25, 0.3) is 0 Å². The second-order valence-corrected chi connectivity index (χ2v) is 5.89. The highest BCUT2D eigenvalue weighted by Crippen LogP contribution is 2.34. The Hall–Kier alpha value is -1.71. The molecule has 0 atom stereocenters. The van der Waals surface area contributed by atoms with Crippen molar-refractivity contribution in [2.24, 2.45) is 11.8 Å². The second kappa shape index (κ2) is 7.17. The van der Waals surface area contributed by atoms with Crippen molar-refractivity contribution >= 4 is 5.78 Å². The number of benzene rings is 1. The smallest absolute Gasteiger partial charge is 0.170 e. The summed E-state index contributed by atoms with van der Waals surface area (Å²) in [5.74, 6) is 0.350. The number of aromatic hydroxyl groups is 2. The number of carbonyl (C=O) groups is 1. The number of hydrogen-bond donors (Lipinski definition) is 2. The maximum atomic E-state index is 12.0. The lowest BCUT2D eigenvalue weighted by Crippen LogP contribution is -2.05. The van der Waals surface area contributed by atoms with E-state index in [1.807, 2.05) is 13.8 Å². The van der Waals surface area contributed by atoms with Crippen LogP contribution in [0.5, 0.6) is 17.2 Å². The van der Waals surface area contributed by atoms with Crippen LogP contribution in [-0.4, -0.2) is 22.6 Å². The van der Waals surface area contributed by atoms with Gasteiger partial charge < -0.3 is 14.9 Å². The molecule has 1 aromatic carbocycles. The normalized spacial score (nSPS) is 11.1. The van der Waals surface area contributed by atoms with E-state index in [1.165, 1.54) is 12.1 Å². The first-order valence-electron chi connectivity index (χ1n) is 7.03. The number of hydrogen-bond acceptors (Lipinski definition) is 4. The van der Waals surface area contributed by atoms with Crippen LogP contribution in [0.15, 0.2) is 12.1 Å². The molecule has 0 aromatic heterocycles. The molecule has 0 aliphatic carbocycles. The van der Waals surface area contributed by atoms with Crippen LogP contribution in [0.2, 0.25) is 0 Å². The lowest BCUT2D eigenvalue weighted by Gasteiger charge is -2.12. The fourth-order valence-electron chi connectivity index (χ4n) is 1.84. The van der Waals surface area contributed by atoms with Gasteiger partial charge >= 0.3 is 0 Å². The predicted molar refractivity (Wildman–Crippen MR) is 78.5 cm³/mol. The quantitative estimate of drug-likeness (QED) is 0.746. The Morgan fingerprint density at radius 3 is 2.10 bits per heavy atom. The number of rotatable bonds is 7. The summed E-state index contributed by atoms with van der Waals surface area (Å²) in [4.78, 5) is 12.0. The Balaban J connectivity index is 2.83. The molecule has 0 aliphatic heterocycles. The topological polar surface area (TPSA) is 66.8 Å². The Morgan fingerprint density at radius 2 is 1.65 bits per heavy atom. The Kier molecular flexibility index (Phi) is 5.86. The Bertz CT molecular complexity index is 441. The van der Waals surface area contributed by atoms with Gasteiger partial charge in [-0.15, -0.1) is 0 Å². The molecule has 1 aromatic rings. The third-order valence-corrected chi connectivity index (χ3v) is 2.91. The molecule has 0 heterocycles. The van der Waals surface area contributed by atoms with Gasteiger partial charge in [0.05, 0.1) is 6.61 Å². The maximum absolute atomic E-state index is 12.0. The maximum Gasteiger partial charge on any atom is 0.170 e. The monoisotopic (exact) mass is 280 g/mol. The summed E-state index contributed by atoms with van der Waals surface area (Å²) in [6.45, 7) is 8.51. The van der Waals surface area contributed by atoms with Crippen molar-refractivity contribution in [3.8, 4) is 17.2 Å². The largest absolute Gasteiger partial charge is 0.507 e. The zero-order valence-electron chi connectivity index (χ0n) is 12.6. The second-order valence-electron chi connectivity index (χ2n) is 5.89. The summed E-state index contributed by atoms with van der Waals surface area (Å²) < 4.78 is 5.46. The molecular formula is C16H24O4. The van der Waals surface area contributed by atoms with Crippen molar-refractivity contribution in [1.82, 2.24) is 0 Å². The van der Waals surface area contributed by atoms with Gasteiger partial charge in [-0.05, 0) is 18.3 Å². The molecule has 0 saturated carbocycles. The van der Waals surface area contributed by atoms with Gasteiger partial charge in [-0.25, -0.2) is 0 Å². The molecule has 0 unspecified atom stereocenters. The van der Waals surface area contributed by atoms with Crippen LogP contribution in [0.3, 0.4) is 0 Å². The van der Waals surface area contributed by atoms with Crippen molar-refractivity contribution in [3.63, 3.8) is 0 Å². The average molecular weight is 280 g/mol. The molecule has 0 amide bonds. The minimum absolute atomic E-state index is 0.0186. The fraction of sp³-hybridized carbons (Fsp3) is 0.562. The summed E-state index contributed by atoms with van der Waals surface area (Å²) in [5, 5.41) is 19.8. The van der Waals surface area contributed by atoms with E-state index in [0.717, 1.165) is 6.42 Å². The number of Topliss-reactive ketones (excluding diaryl/α,β-unsaturated/α-hetero) is 1. The molecule has 0 saturated heterocycles. The summed E-state index contributed by atoms with van der Waals surface area (Å²) in [6.07, 6.45) is 1.17. The summed E-state index contributed by atoms with van der Waals surface area (Å²) in [6, 6.07) is 2.77. The van der Waals surface area contributed by atoms with Crippen molar-refractivity contribution in [2.45, 2.75) is 40.5 Å². The van der Waals surface area contributed by atoms with E-state index in [-0.39, 0.29) is 35.2 Å². The minimum Gasteiger partial charge on any atom is -0.507 e. The van der Waals surface area contributed by atoms with Gasteiger partial charge in [0, 0.05) is 18.6 Å². The molecule has 4 nitrogen and oxygen atoms in total. The van der Waals surface area contributed by atoms with Crippen LogP contribution in [0.25, 0.3) is 0 Å². The van der Waals surface area contributed by atoms with E-state index in [1.54, 1.807) is 0 Å². The lowest BCUT2D eigenvalue weighted by molar-refractivity contribution is 0.0962. The lowest BCUT2D eigenvalue weighted by atomic mass is 9.99. The average Bonchev–Trinajstić information content (AvgIpc) is 2.26. The van der Waals surface area contributed by atoms with Crippen molar-refractivity contribution < 1.29 is 19.7 Å². The van der Waals surface area contributed by atoms with Crippen LogP contribution >= 0.6 is 0 Å². The summed E-state index contributed by atoms with van der Waals surface area (Å²) in [5.41, 5.74) is -0.0186. The minimum atomic E-state index is -0.260. The highest BCUT2D eigenvalue weighted by atomic mass is 16.5. The zero-order chi connectivity index (χ0) is 15.3. The van der Waals surface area contributed by atoms with Gasteiger partial charge in [0.1, 0.15) is 22.8 Å². The zero-order valence-corrected chi connectivity index (χ0v) is 12.6. The van der Waals surface area contributed by atoms with E-state index < -0.39 is 0 Å². The van der Waals surface area contributed by atoms with Crippen LogP contribution in [-0.2, 0) is 0 Å². The molecular weight excluding hydrogens is 256 g/mol. The van der Waals surface area contributed by atoms with Gasteiger partial charge in [0.15, 0.2) is 5.78 Å². The molecule has 0 spiro atoms. The highest BCUT2D eigenvalue weighted by Gasteiger charge is 2.19. The number of phenolic OH excluding ortho intramolecular Hbond substituents is 2. The van der Waals surface area contributed by atoms with E-state index in [0.29, 0.717) is 18.3 Å². The van der Waals surface area contributed by atoms with Gasteiger partial charge in [0.2, 0.25) is 0 Å². The first-order chi connectivity index (χ1) is 9.31. The molecule has 0 bridgehead atoms. The fourth-order valence-corrected chi connectivity index (χ4v) is 1.84. The number of ether oxygens (including phenoxy) is 1. The van der Waals surface area contributed by atoms with Crippen molar-refractivity contribution in [1.29, 1.82) is 0 Å². The summed E-state index contributed by atoms with van der Waals surface area (Å²) >= 11 is 0. The van der Waals surface area contributed by atoms with E-state index in [4.69, 9.17) is 4.74 Å². The summed E-state index contributed by atoms with van der Waals surface area (Å²) in [7, 11) is 0. The van der Waals surface area contributed by atoms with Crippen LogP contribution in [0.4, 0.5) is 0 Å². The van der Waals surface area contributed by atoms with Crippen molar-refractivity contribution in [2.75, 3.05) is 6.61 Å². The first kappa shape index (κ1) is 16.3. The molecule has 20 heavy (non-hydrogen) atoms. The van der Waals surface area contributed by atoms with Gasteiger partial charge in [-0.1, -0.05) is 27.7 Å². The first-order valence-corrected chi connectivity index (χ1v) is 7.03. The third-order valence-electron chi connectivity index (χ3n) is 2.91. The third kappa shape index (κ3) is 4.76. The SMILES string of the molecule is CC(C)CCOc1cc(O)c(C(=O)CC(C)C)c(O)c1. The molecule has 0 radical (unpaired) electrons. The molecule has 0 aliphatic rings. The molecule has 1 rings (SSSR count). The number of carbonyl (C=O) groups excluding carboxylic acids is 1.